The fourth-order valence-corrected chi connectivity index (χ4v) is 3.41. The molecule has 0 saturated carbocycles. The van der Waals surface area contributed by atoms with Crippen molar-refractivity contribution in [2.75, 3.05) is 6.54 Å². The highest BCUT2D eigenvalue weighted by Gasteiger charge is 2.05. The second-order valence-electron chi connectivity index (χ2n) is 6.51. The first-order chi connectivity index (χ1) is 12.8. The zero-order chi connectivity index (χ0) is 17.5. The lowest BCUT2D eigenvalue weighted by molar-refractivity contribution is 1.16. The zero-order valence-electron chi connectivity index (χ0n) is 14.1. The van der Waals surface area contributed by atoms with Gasteiger partial charge in [0.05, 0.1) is 0 Å². The predicted molar refractivity (Wildman–Crippen MR) is 104 cm³/mol. The predicted octanol–water partition coefficient (Wildman–Crippen LogP) is -0.0435. The summed E-state index contributed by atoms with van der Waals surface area (Å²) in [6.07, 6.45) is 6.28. The quantitative estimate of drug-likeness (QED) is 0.330. The first-order valence-electron chi connectivity index (χ1n) is 8.64. The van der Waals surface area contributed by atoms with Gasteiger partial charge in [-0.15, -0.1) is 0 Å². The standard InChI is InChI=1S/C21H19N5/c22-12-19-20-7-5-17(25-20)10-15-3-1-13(23-15)9-14-2-4-16(24-14)11-18-6-8-21(19)26-18/h1-11,23-26H,12,22H2. The molecule has 8 bridgehead atoms. The SMILES string of the molecule is NCC1=c2ccc([nH]2)=Cc2ccc([nH]2)C=c2ccc([nH]2)=Cc2ccc1[nH]2. The van der Waals surface area contributed by atoms with Gasteiger partial charge in [-0.3, -0.25) is 0 Å². The molecule has 0 aromatic carbocycles. The van der Waals surface area contributed by atoms with Crippen LogP contribution < -0.4 is 27.1 Å². The van der Waals surface area contributed by atoms with Crippen LogP contribution in [0.3, 0.4) is 0 Å². The largest absolute Gasteiger partial charge is 0.355 e. The van der Waals surface area contributed by atoms with E-state index in [0.717, 1.165) is 49.7 Å². The summed E-state index contributed by atoms with van der Waals surface area (Å²) in [6, 6.07) is 16.6. The minimum atomic E-state index is 0.453. The average Bonchev–Trinajstić information content (AvgIpc) is 3.39. The van der Waals surface area contributed by atoms with Crippen LogP contribution in [0.15, 0.2) is 48.5 Å². The van der Waals surface area contributed by atoms with Crippen molar-refractivity contribution in [2.45, 2.75) is 0 Å². The van der Waals surface area contributed by atoms with E-state index in [-0.39, 0.29) is 0 Å². The Morgan fingerprint density at radius 3 is 1.85 bits per heavy atom. The Labute approximate surface area is 149 Å². The van der Waals surface area contributed by atoms with Crippen LogP contribution in [0.2, 0.25) is 0 Å². The molecule has 0 unspecified atom stereocenters. The van der Waals surface area contributed by atoms with Crippen LogP contribution in [0.5, 0.6) is 0 Å². The fraction of sp³-hybridized carbons (Fsp3) is 0.0476. The van der Waals surface area contributed by atoms with Gasteiger partial charge in [0, 0.05) is 56.3 Å². The maximum Gasteiger partial charge on any atom is 0.0451 e. The molecule has 1 aliphatic heterocycles. The van der Waals surface area contributed by atoms with Crippen LogP contribution in [-0.4, -0.2) is 26.5 Å². The van der Waals surface area contributed by atoms with Crippen LogP contribution in [0.4, 0.5) is 0 Å². The molecule has 5 rings (SSSR count). The minimum absolute atomic E-state index is 0.453. The van der Waals surface area contributed by atoms with E-state index in [2.05, 4.69) is 86.7 Å². The summed E-state index contributed by atoms with van der Waals surface area (Å²) in [5.74, 6) is 0. The van der Waals surface area contributed by atoms with Crippen LogP contribution >= 0.6 is 0 Å². The van der Waals surface area contributed by atoms with E-state index in [0.29, 0.717) is 6.54 Å². The molecule has 26 heavy (non-hydrogen) atoms. The summed E-state index contributed by atoms with van der Waals surface area (Å²) < 4.78 is 0. The van der Waals surface area contributed by atoms with Crippen molar-refractivity contribution in [3.05, 3.63) is 92.7 Å². The van der Waals surface area contributed by atoms with Gasteiger partial charge in [0.15, 0.2) is 0 Å². The number of rotatable bonds is 1. The molecule has 0 aliphatic carbocycles. The highest BCUT2D eigenvalue weighted by molar-refractivity contribution is 5.65. The number of hydrogen-bond acceptors (Lipinski definition) is 1. The molecule has 0 atom stereocenters. The first kappa shape index (κ1) is 14.9. The average molecular weight is 341 g/mol. The van der Waals surface area contributed by atoms with E-state index in [1.807, 2.05) is 0 Å². The normalized spacial score (nSPS) is 13.0. The van der Waals surface area contributed by atoms with Gasteiger partial charge >= 0.3 is 0 Å². The molecule has 0 amide bonds. The second-order valence-corrected chi connectivity index (χ2v) is 6.51. The molecule has 0 fully saturated rings. The maximum atomic E-state index is 6.04. The Morgan fingerprint density at radius 1 is 0.577 bits per heavy atom. The first-order valence-corrected chi connectivity index (χ1v) is 8.64. The van der Waals surface area contributed by atoms with Crippen LogP contribution in [0, 0.1) is 0 Å². The Hall–Kier alpha value is -3.44. The van der Waals surface area contributed by atoms with Crippen LogP contribution in [0.1, 0.15) is 22.8 Å². The van der Waals surface area contributed by atoms with Gasteiger partial charge in [0.1, 0.15) is 0 Å². The van der Waals surface area contributed by atoms with E-state index >= 15 is 0 Å². The van der Waals surface area contributed by atoms with Gasteiger partial charge in [-0.2, -0.15) is 0 Å². The van der Waals surface area contributed by atoms with E-state index < -0.39 is 0 Å². The summed E-state index contributed by atoms with van der Waals surface area (Å²) in [5, 5.41) is 4.16. The lowest BCUT2D eigenvalue weighted by Crippen LogP contribution is -2.19. The highest BCUT2D eigenvalue weighted by atomic mass is 14.8. The summed E-state index contributed by atoms with van der Waals surface area (Å²) in [5.41, 5.74) is 11.3. The van der Waals surface area contributed by atoms with E-state index in [9.17, 15) is 0 Å². The van der Waals surface area contributed by atoms with Gasteiger partial charge in [-0.25, -0.2) is 0 Å². The van der Waals surface area contributed by atoms with E-state index in [1.165, 1.54) is 0 Å². The Morgan fingerprint density at radius 2 is 1.15 bits per heavy atom. The number of H-pyrrole nitrogens is 4. The summed E-state index contributed by atoms with van der Waals surface area (Å²) in [6.45, 7) is 0.453. The molecule has 6 N–H and O–H groups in total. The molecule has 0 saturated heterocycles. The van der Waals surface area contributed by atoms with Gasteiger partial charge in [-0.05, 0) is 66.8 Å². The Kier molecular flexibility index (Phi) is 3.33. The zero-order valence-corrected chi connectivity index (χ0v) is 14.1. The molecule has 128 valence electrons. The smallest absolute Gasteiger partial charge is 0.0451 e. The Bertz CT molecular complexity index is 1320. The molecule has 5 heterocycles. The molecule has 0 spiro atoms. The van der Waals surface area contributed by atoms with Crippen LogP contribution in [-0.2, 0) is 0 Å². The van der Waals surface area contributed by atoms with Crippen molar-refractivity contribution in [1.82, 2.24) is 19.9 Å². The van der Waals surface area contributed by atoms with Crippen molar-refractivity contribution in [2.24, 2.45) is 5.73 Å². The minimum Gasteiger partial charge on any atom is -0.355 e. The molecule has 5 nitrogen and oxygen atoms in total. The number of nitrogens with two attached hydrogens (primary N) is 1. The topological polar surface area (TPSA) is 89.2 Å². The van der Waals surface area contributed by atoms with Gasteiger partial charge in [0.2, 0.25) is 0 Å². The molecular formula is C21H19N5. The molecule has 5 heteroatoms. The van der Waals surface area contributed by atoms with Crippen molar-refractivity contribution in [3.63, 3.8) is 0 Å². The number of aromatic nitrogens is 4. The van der Waals surface area contributed by atoms with Crippen LogP contribution in [0.25, 0.3) is 23.8 Å². The van der Waals surface area contributed by atoms with Gasteiger partial charge in [0.25, 0.3) is 0 Å². The number of fused-ring (bicyclic) bond motifs is 8. The molecule has 4 aromatic rings. The molecular weight excluding hydrogens is 322 g/mol. The molecule has 4 aromatic heterocycles. The number of hydrogen-bond donors (Lipinski definition) is 5. The van der Waals surface area contributed by atoms with Gasteiger partial charge in [-0.1, -0.05) is 0 Å². The monoisotopic (exact) mass is 341 g/mol. The van der Waals surface area contributed by atoms with E-state index in [1.54, 1.807) is 0 Å². The Balaban J connectivity index is 1.82. The summed E-state index contributed by atoms with van der Waals surface area (Å²) in [4.78, 5) is 13.8. The molecule has 0 radical (unpaired) electrons. The summed E-state index contributed by atoms with van der Waals surface area (Å²) >= 11 is 0. The molecule has 1 aliphatic rings. The summed E-state index contributed by atoms with van der Waals surface area (Å²) in [7, 11) is 0. The third-order valence-electron chi connectivity index (χ3n) is 4.67. The highest BCUT2D eigenvalue weighted by Crippen LogP contribution is 2.10. The van der Waals surface area contributed by atoms with Gasteiger partial charge < -0.3 is 25.7 Å². The van der Waals surface area contributed by atoms with Crippen molar-refractivity contribution in [1.29, 1.82) is 0 Å². The number of aromatic amines is 4. The van der Waals surface area contributed by atoms with Crippen molar-refractivity contribution < 1.29 is 0 Å². The third kappa shape index (κ3) is 2.64. The van der Waals surface area contributed by atoms with E-state index in [4.69, 9.17) is 5.73 Å². The van der Waals surface area contributed by atoms with Crippen molar-refractivity contribution in [3.8, 4) is 0 Å². The van der Waals surface area contributed by atoms with Crippen molar-refractivity contribution >= 4 is 23.8 Å². The second kappa shape index (κ2) is 5.82. The fourth-order valence-electron chi connectivity index (χ4n) is 3.41. The maximum absolute atomic E-state index is 6.04. The lowest BCUT2D eigenvalue weighted by atomic mass is 10.2. The lowest BCUT2D eigenvalue weighted by Gasteiger charge is -2.00. The number of nitrogens with one attached hydrogen (secondary N) is 4. The third-order valence-corrected chi connectivity index (χ3v) is 4.67.